The highest BCUT2D eigenvalue weighted by molar-refractivity contribution is 6.36. The highest BCUT2D eigenvalue weighted by atomic mass is 35.5. The maximum Gasteiger partial charge on any atom is 0.412 e. The standard InChI is InChI=1S/C20H26ClN3O2/c1-3-24(4-2)12-11-22-20(25)26-14-9-10-16-18(13-14)23-17-8-6-5-7-15(17)19(16)21/h9-10,13H,3-8,11-12H2,1-2H3,(H,22,25). The SMILES string of the molecule is CCN(CC)CCNC(=O)Oc1ccc2c(Cl)c3c(nc2c1)CCCC3. The number of rotatable bonds is 6. The third-order valence-electron chi connectivity index (χ3n) is 4.97. The Labute approximate surface area is 159 Å². The summed E-state index contributed by atoms with van der Waals surface area (Å²) in [5.74, 6) is 0.483. The second-order valence-corrected chi connectivity index (χ2v) is 6.96. The van der Waals surface area contributed by atoms with Crippen molar-refractivity contribution in [2.45, 2.75) is 39.5 Å². The van der Waals surface area contributed by atoms with Crippen LogP contribution in [0.2, 0.25) is 5.02 Å². The van der Waals surface area contributed by atoms with Crippen LogP contribution in [-0.2, 0) is 12.8 Å². The van der Waals surface area contributed by atoms with Crippen molar-refractivity contribution in [2.24, 2.45) is 0 Å². The predicted octanol–water partition coefficient (Wildman–Crippen LogP) is 4.20. The van der Waals surface area contributed by atoms with Crippen molar-refractivity contribution in [1.29, 1.82) is 0 Å². The molecule has 26 heavy (non-hydrogen) atoms. The first kappa shape index (κ1) is 18.9. The van der Waals surface area contributed by atoms with Gasteiger partial charge < -0.3 is 15.0 Å². The maximum absolute atomic E-state index is 12.0. The average molecular weight is 376 g/mol. The predicted molar refractivity (Wildman–Crippen MR) is 105 cm³/mol. The zero-order valence-electron chi connectivity index (χ0n) is 15.5. The van der Waals surface area contributed by atoms with E-state index in [1.54, 1.807) is 12.1 Å². The third-order valence-corrected chi connectivity index (χ3v) is 5.40. The lowest BCUT2D eigenvalue weighted by molar-refractivity contribution is 0.197. The molecule has 1 amide bonds. The van der Waals surface area contributed by atoms with Crippen LogP contribution in [0.1, 0.15) is 37.9 Å². The maximum atomic E-state index is 12.0. The van der Waals surface area contributed by atoms with E-state index in [0.717, 1.165) is 66.9 Å². The molecule has 0 fully saturated rings. The number of hydrogen-bond acceptors (Lipinski definition) is 4. The third kappa shape index (κ3) is 4.27. The minimum Gasteiger partial charge on any atom is -0.410 e. The molecule has 1 aromatic carbocycles. The van der Waals surface area contributed by atoms with Gasteiger partial charge >= 0.3 is 6.09 Å². The van der Waals surface area contributed by atoms with Gasteiger partial charge in [-0.15, -0.1) is 0 Å². The number of carbonyl (C=O) groups is 1. The summed E-state index contributed by atoms with van der Waals surface area (Å²) in [6.45, 7) is 7.51. The normalized spacial score (nSPS) is 13.7. The number of amides is 1. The van der Waals surface area contributed by atoms with E-state index in [1.165, 1.54) is 5.56 Å². The van der Waals surface area contributed by atoms with Crippen molar-refractivity contribution in [3.63, 3.8) is 0 Å². The highest BCUT2D eigenvalue weighted by Gasteiger charge is 2.17. The molecule has 140 valence electrons. The molecule has 0 unspecified atom stereocenters. The van der Waals surface area contributed by atoms with Crippen LogP contribution in [0, 0.1) is 0 Å². The fraction of sp³-hybridized carbons (Fsp3) is 0.500. The van der Waals surface area contributed by atoms with E-state index in [2.05, 4.69) is 24.1 Å². The Hall–Kier alpha value is -1.85. The largest absolute Gasteiger partial charge is 0.412 e. The summed E-state index contributed by atoms with van der Waals surface area (Å²) in [7, 11) is 0. The molecular formula is C20H26ClN3O2. The van der Waals surface area contributed by atoms with Gasteiger partial charge in [0.05, 0.1) is 10.5 Å². The molecule has 0 atom stereocenters. The van der Waals surface area contributed by atoms with Crippen molar-refractivity contribution < 1.29 is 9.53 Å². The van der Waals surface area contributed by atoms with E-state index >= 15 is 0 Å². The number of nitrogens with zero attached hydrogens (tertiary/aromatic N) is 2. The molecule has 1 aromatic heterocycles. The van der Waals surface area contributed by atoms with Gasteiger partial charge in [0, 0.05) is 30.2 Å². The van der Waals surface area contributed by atoms with Gasteiger partial charge in [0.15, 0.2) is 0 Å². The number of ether oxygens (including phenoxy) is 1. The first-order valence-corrected chi connectivity index (χ1v) is 9.79. The number of nitrogens with one attached hydrogen (secondary N) is 1. The molecule has 1 aliphatic rings. The average Bonchev–Trinajstić information content (AvgIpc) is 2.65. The summed E-state index contributed by atoms with van der Waals surface area (Å²) in [5.41, 5.74) is 3.03. The molecule has 5 nitrogen and oxygen atoms in total. The number of likely N-dealkylation sites (N-methyl/N-ethyl adjacent to an activating group) is 1. The fourth-order valence-corrected chi connectivity index (χ4v) is 3.77. The van der Waals surface area contributed by atoms with E-state index in [4.69, 9.17) is 21.3 Å². The Kier molecular flexibility index (Phi) is 6.33. The summed E-state index contributed by atoms with van der Waals surface area (Å²) in [5, 5.41) is 4.50. The van der Waals surface area contributed by atoms with Crippen molar-refractivity contribution in [1.82, 2.24) is 15.2 Å². The van der Waals surface area contributed by atoms with Crippen molar-refractivity contribution in [2.75, 3.05) is 26.2 Å². The Morgan fingerprint density at radius 1 is 1.27 bits per heavy atom. The lowest BCUT2D eigenvalue weighted by atomic mass is 9.94. The van der Waals surface area contributed by atoms with Gasteiger partial charge in [0.25, 0.3) is 0 Å². The van der Waals surface area contributed by atoms with E-state index in [-0.39, 0.29) is 0 Å². The Bertz CT molecular complexity index is 790. The van der Waals surface area contributed by atoms with Crippen LogP contribution in [0.15, 0.2) is 18.2 Å². The van der Waals surface area contributed by atoms with Crippen LogP contribution in [-0.4, -0.2) is 42.2 Å². The number of pyridine rings is 1. The molecular weight excluding hydrogens is 350 g/mol. The first-order valence-electron chi connectivity index (χ1n) is 9.41. The summed E-state index contributed by atoms with van der Waals surface area (Å²) in [4.78, 5) is 19.0. The zero-order chi connectivity index (χ0) is 18.5. The minimum atomic E-state index is -0.444. The molecule has 1 heterocycles. The molecule has 0 spiro atoms. The molecule has 0 saturated heterocycles. The number of aromatic nitrogens is 1. The Balaban J connectivity index is 1.68. The topological polar surface area (TPSA) is 54.5 Å². The number of benzene rings is 1. The van der Waals surface area contributed by atoms with Gasteiger partial charge in [-0.25, -0.2) is 4.79 Å². The summed E-state index contributed by atoms with van der Waals surface area (Å²) in [6.07, 6.45) is 3.81. The van der Waals surface area contributed by atoms with Gasteiger partial charge in [-0.3, -0.25) is 4.98 Å². The second-order valence-electron chi connectivity index (χ2n) is 6.58. The van der Waals surface area contributed by atoms with Crippen LogP contribution >= 0.6 is 11.6 Å². The quantitative estimate of drug-likeness (QED) is 0.822. The van der Waals surface area contributed by atoms with Gasteiger partial charge in [-0.2, -0.15) is 0 Å². The fourth-order valence-electron chi connectivity index (χ4n) is 3.41. The van der Waals surface area contributed by atoms with Crippen molar-refractivity contribution >= 4 is 28.6 Å². The molecule has 0 aliphatic heterocycles. The number of halogens is 1. The van der Waals surface area contributed by atoms with Crippen molar-refractivity contribution in [3.8, 4) is 5.75 Å². The van der Waals surface area contributed by atoms with Gasteiger partial charge in [-0.1, -0.05) is 25.4 Å². The highest BCUT2D eigenvalue weighted by Crippen LogP contribution is 2.34. The van der Waals surface area contributed by atoms with Gasteiger partial charge in [0.2, 0.25) is 0 Å². The second kappa shape index (κ2) is 8.69. The van der Waals surface area contributed by atoms with Gasteiger partial charge in [0.1, 0.15) is 5.75 Å². The van der Waals surface area contributed by atoms with E-state index in [1.807, 2.05) is 6.07 Å². The number of carbonyl (C=O) groups excluding carboxylic acids is 1. The molecule has 1 N–H and O–H groups in total. The Morgan fingerprint density at radius 3 is 2.81 bits per heavy atom. The number of hydrogen-bond donors (Lipinski definition) is 1. The van der Waals surface area contributed by atoms with E-state index < -0.39 is 6.09 Å². The smallest absolute Gasteiger partial charge is 0.410 e. The number of fused-ring (bicyclic) bond motifs is 2. The molecule has 6 heteroatoms. The summed E-state index contributed by atoms with van der Waals surface area (Å²) >= 11 is 6.58. The first-order chi connectivity index (χ1) is 12.6. The van der Waals surface area contributed by atoms with Crippen molar-refractivity contribution in [3.05, 3.63) is 34.5 Å². The van der Waals surface area contributed by atoms with Gasteiger partial charge in [-0.05, 0) is 56.5 Å². The van der Waals surface area contributed by atoms with Crippen LogP contribution in [0.4, 0.5) is 4.79 Å². The minimum absolute atomic E-state index is 0.444. The number of aryl methyl sites for hydroxylation is 1. The molecule has 2 aromatic rings. The van der Waals surface area contributed by atoms with Crippen LogP contribution in [0.5, 0.6) is 5.75 Å². The monoisotopic (exact) mass is 375 g/mol. The van der Waals surface area contributed by atoms with E-state index in [9.17, 15) is 4.79 Å². The molecule has 3 rings (SSSR count). The Morgan fingerprint density at radius 2 is 2.04 bits per heavy atom. The molecule has 0 radical (unpaired) electrons. The van der Waals surface area contributed by atoms with Crippen LogP contribution in [0.25, 0.3) is 10.9 Å². The lowest BCUT2D eigenvalue weighted by Gasteiger charge is -2.18. The lowest BCUT2D eigenvalue weighted by Crippen LogP contribution is -2.36. The molecule has 0 saturated carbocycles. The summed E-state index contributed by atoms with van der Waals surface area (Å²) < 4.78 is 5.40. The van der Waals surface area contributed by atoms with Crippen LogP contribution < -0.4 is 10.1 Å². The van der Waals surface area contributed by atoms with E-state index in [0.29, 0.717) is 12.3 Å². The summed E-state index contributed by atoms with van der Waals surface area (Å²) in [6, 6.07) is 5.45. The molecule has 0 bridgehead atoms. The van der Waals surface area contributed by atoms with Crippen LogP contribution in [0.3, 0.4) is 0 Å². The molecule has 1 aliphatic carbocycles. The zero-order valence-corrected chi connectivity index (χ0v) is 16.2.